The van der Waals surface area contributed by atoms with Crippen molar-refractivity contribution in [1.82, 2.24) is 9.80 Å². The third kappa shape index (κ3) is 4.99. The van der Waals surface area contributed by atoms with Crippen molar-refractivity contribution >= 4 is 11.8 Å². The van der Waals surface area contributed by atoms with Gasteiger partial charge in [-0.05, 0) is 36.1 Å². The minimum absolute atomic E-state index is 0.0278. The zero-order chi connectivity index (χ0) is 22.3. The number of nitrogens with zero attached hydrogens (tertiary/aromatic N) is 2. The van der Waals surface area contributed by atoms with E-state index in [0.717, 1.165) is 12.0 Å². The van der Waals surface area contributed by atoms with Gasteiger partial charge in [-0.15, -0.1) is 0 Å². The highest BCUT2D eigenvalue weighted by Crippen LogP contribution is 2.27. The second-order valence-electron chi connectivity index (χ2n) is 8.06. The van der Waals surface area contributed by atoms with Crippen LogP contribution in [0, 0.1) is 0 Å². The van der Waals surface area contributed by atoms with E-state index in [2.05, 4.69) is 12.1 Å². The van der Waals surface area contributed by atoms with Crippen LogP contribution in [-0.2, 0) is 22.4 Å². The van der Waals surface area contributed by atoms with E-state index in [0.29, 0.717) is 18.6 Å². The molecule has 2 amide bonds. The van der Waals surface area contributed by atoms with Gasteiger partial charge in [-0.25, -0.2) is 0 Å². The summed E-state index contributed by atoms with van der Waals surface area (Å²) in [5, 5.41) is 0. The molecule has 1 aliphatic heterocycles. The van der Waals surface area contributed by atoms with Crippen LogP contribution in [0.4, 0.5) is 0 Å². The molecule has 1 heterocycles. The predicted octanol–water partition coefficient (Wildman–Crippen LogP) is 3.94. The molecule has 2 unspecified atom stereocenters. The fourth-order valence-corrected chi connectivity index (χ4v) is 4.27. The summed E-state index contributed by atoms with van der Waals surface area (Å²) in [7, 11) is 1.79. The summed E-state index contributed by atoms with van der Waals surface area (Å²) >= 11 is 0. The van der Waals surface area contributed by atoms with Crippen molar-refractivity contribution in [1.29, 1.82) is 0 Å². The van der Waals surface area contributed by atoms with Crippen LogP contribution in [0.25, 0.3) is 0 Å². The number of amides is 2. The molecule has 2 atom stereocenters. The van der Waals surface area contributed by atoms with E-state index in [1.165, 1.54) is 5.56 Å². The van der Waals surface area contributed by atoms with Crippen LogP contribution in [0.1, 0.15) is 17.5 Å². The number of likely N-dealkylation sites (N-methyl/N-ethyl adjacent to an activating group) is 1. The van der Waals surface area contributed by atoms with Crippen molar-refractivity contribution in [2.45, 2.75) is 31.5 Å². The SMILES string of the molecule is CN1C(=O)C(Cc2ccccc2)N(C(=O)COc2ccccc2)C1CCc1ccccc1. The highest BCUT2D eigenvalue weighted by atomic mass is 16.5. The first-order valence-electron chi connectivity index (χ1n) is 11.0. The number of rotatable bonds is 8. The summed E-state index contributed by atoms with van der Waals surface area (Å²) in [6.45, 7) is -0.0989. The molecule has 1 fully saturated rings. The van der Waals surface area contributed by atoms with E-state index in [9.17, 15) is 9.59 Å². The summed E-state index contributed by atoms with van der Waals surface area (Å²) in [6.07, 6.45) is 1.64. The lowest BCUT2D eigenvalue weighted by Gasteiger charge is -2.30. The van der Waals surface area contributed by atoms with Gasteiger partial charge in [-0.2, -0.15) is 0 Å². The number of hydrogen-bond donors (Lipinski definition) is 0. The second kappa shape index (κ2) is 10.1. The molecule has 0 aromatic heterocycles. The highest BCUT2D eigenvalue weighted by molar-refractivity contribution is 5.92. The minimum Gasteiger partial charge on any atom is -0.484 e. The molecule has 4 rings (SSSR count). The fraction of sp³-hybridized carbons (Fsp3) is 0.259. The molecular formula is C27H28N2O3. The lowest BCUT2D eigenvalue weighted by Crippen LogP contribution is -2.47. The molecular weight excluding hydrogens is 400 g/mol. The summed E-state index contributed by atoms with van der Waals surface area (Å²) in [5.41, 5.74) is 2.22. The highest BCUT2D eigenvalue weighted by Gasteiger charge is 2.46. The summed E-state index contributed by atoms with van der Waals surface area (Å²) in [6, 6.07) is 28.7. The number of carbonyl (C=O) groups excluding carboxylic acids is 2. The third-order valence-electron chi connectivity index (χ3n) is 5.94. The van der Waals surface area contributed by atoms with Gasteiger partial charge in [-0.3, -0.25) is 9.59 Å². The maximum Gasteiger partial charge on any atom is 0.262 e. The van der Waals surface area contributed by atoms with Gasteiger partial charge in [-0.1, -0.05) is 78.9 Å². The lowest BCUT2D eigenvalue weighted by atomic mass is 10.0. The first kappa shape index (κ1) is 21.6. The Hall–Kier alpha value is -3.60. The molecule has 3 aromatic rings. The Morgan fingerprint density at radius 1 is 0.844 bits per heavy atom. The average Bonchev–Trinajstić information content (AvgIpc) is 3.07. The lowest BCUT2D eigenvalue weighted by molar-refractivity contribution is -0.138. The maximum absolute atomic E-state index is 13.4. The molecule has 1 aliphatic rings. The van der Waals surface area contributed by atoms with Gasteiger partial charge < -0.3 is 14.5 Å². The number of benzene rings is 3. The zero-order valence-electron chi connectivity index (χ0n) is 18.3. The van der Waals surface area contributed by atoms with E-state index in [4.69, 9.17) is 4.74 Å². The van der Waals surface area contributed by atoms with Crippen LogP contribution in [0.15, 0.2) is 91.0 Å². The van der Waals surface area contributed by atoms with Gasteiger partial charge in [0.25, 0.3) is 5.91 Å². The van der Waals surface area contributed by atoms with Gasteiger partial charge in [0.05, 0.1) is 0 Å². The molecule has 0 bridgehead atoms. The van der Waals surface area contributed by atoms with Crippen LogP contribution in [0.5, 0.6) is 5.75 Å². The molecule has 0 N–H and O–H groups in total. The minimum atomic E-state index is -0.532. The van der Waals surface area contributed by atoms with E-state index in [1.54, 1.807) is 16.8 Å². The third-order valence-corrected chi connectivity index (χ3v) is 5.94. The van der Waals surface area contributed by atoms with E-state index < -0.39 is 6.04 Å². The Labute approximate surface area is 189 Å². The van der Waals surface area contributed by atoms with Gasteiger partial charge in [0.2, 0.25) is 5.91 Å². The van der Waals surface area contributed by atoms with Gasteiger partial charge >= 0.3 is 0 Å². The molecule has 0 radical (unpaired) electrons. The van der Waals surface area contributed by atoms with Crippen molar-refractivity contribution in [2.75, 3.05) is 13.7 Å². The molecule has 164 valence electrons. The zero-order valence-corrected chi connectivity index (χ0v) is 18.3. The van der Waals surface area contributed by atoms with E-state index in [1.807, 2.05) is 78.9 Å². The number of ether oxygens (including phenoxy) is 1. The van der Waals surface area contributed by atoms with Crippen LogP contribution < -0.4 is 4.74 Å². The largest absolute Gasteiger partial charge is 0.484 e. The Balaban J connectivity index is 1.54. The smallest absolute Gasteiger partial charge is 0.262 e. The maximum atomic E-state index is 13.4. The number of carbonyl (C=O) groups is 2. The van der Waals surface area contributed by atoms with Gasteiger partial charge in [0.1, 0.15) is 18.0 Å². The van der Waals surface area contributed by atoms with Gasteiger partial charge in [0, 0.05) is 13.5 Å². The predicted molar refractivity (Wildman–Crippen MR) is 124 cm³/mol. The average molecular weight is 429 g/mol. The molecule has 5 nitrogen and oxygen atoms in total. The van der Waals surface area contributed by atoms with Crippen LogP contribution in [0.2, 0.25) is 0 Å². The van der Waals surface area contributed by atoms with Crippen molar-refractivity contribution in [2.24, 2.45) is 0 Å². The first-order chi connectivity index (χ1) is 15.6. The number of para-hydroxylation sites is 1. The molecule has 0 saturated carbocycles. The first-order valence-corrected chi connectivity index (χ1v) is 11.0. The Morgan fingerprint density at radius 3 is 2.03 bits per heavy atom. The van der Waals surface area contributed by atoms with Crippen LogP contribution in [0.3, 0.4) is 0 Å². The molecule has 3 aromatic carbocycles. The Bertz CT molecular complexity index is 1020. The van der Waals surface area contributed by atoms with E-state index in [-0.39, 0.29) is 24.6 Å². The normalized spacial score (nSPS) is 18.1. The Kier molecular flexibility index (Phi) is 6.85. The van der Waals surface area contributed by atoms with Crippen molar-refractivity contribution in [3.63, 3.8) is 0 Å². The quantitative estimate of drug-likeness (QED) is 0.546. The topological polar surface area (TPSA) is 49.9 Å². The summed E-state index contributed by atoms with van der Waals surface area (Å²) in [4.78, 5) is 30.0. The van der Waals surface area contributed by atoms with Crippen LogP contribution in [-0.4, -0.2) is 47.5 Å². The van der Waals surface area contributed by atoms with Crippen molar-refractivity contribution < 1.29 is 14.3 Å². The van der Waals surface area contributed by atoms with Gasteiger partial charge in [0.15, 0.2) is 6.61 Å². The molecule has 0 spiro atoms. The van der Waals surface area contributed by atoms with Crippen molar-refractivity contribution in [3.8, 4) is 5.75 Å². The second-order valence-corrected chi connectivity index (χ2v) is 8.06. The molecule has 5 heteroatoms. The molecule has 32 heavy (non-hydrogen) atoms. The monoisotopic (exact) mass is 428 g/mol. The van der Waals surface area contributed by atoms with Crippen LogP contribution >= 0.6 is 0 Å². The van der Waals surface area contributed by atoms with E-state index >= 15 is 0 Å². The summed E-state index contributed by atoms with van der Waals surface area (Å²) in [5.74, 6) is 0.436. The number of hydrogen-bond acceptors (Lipinski definition) is 3. The Morgan fingerprint density at radius 2 is 1.41 bits per heavy atom. The molecule has 0 aliphatic carbocycles. The number of aryl methyl sites for hydroxylation is 1. The standard InChI is InChI=1S/C27H28N2O3/c1-28-25(18-17-21-11-5-2-6-12-21)29(26(30)20-32-23-15-9-4-10-16-23)24(27(28)31)19-22-13-7-3-8-14-22/h2-16,24-25H,17-20H2,1H3. The fourth-order valence-electron chi connectivity index (χ4n) is 4.27. The molecule has 1 saturated heterocycles. The van der Waals surface area contributed by atoms with Crippen molar-refractivity contribution in [3.05, 3.63) is 102 Å². The summed E-state index contributed by atoms with van der Waals surface area (Å²) < 4.78 is 5.74.